The lowest BCUT2D eigenvalue weighted by Gasteiger charge is -2.27. The minimum absolute atomic E-state index is 0.354. The van der Waals surface area contributed by atoms with Gasteiger partial charge in [0.1, 0.15) is 5.04 Å². The van der Waals surface area contributed by atoms with Gasteiger partial charge >= 0.3 is 6.09 Å². The van der Waals surface area contributed by atoms with Gasteiger partial charge in [-0.25, -0.2) is 4.79 Å². The Morgan fingerprint density at radius 3 is 3.06 bits per heavy atom. The van der Waals surface area contributed by atoms with Crippen molar-refractivity contribution >= 4 is 28.6 Å². The van der Waals surface area contributed by atoms with Crippen LogP contribution in [0, 0.1) is 0 Å². The minimum atomic E-state index is -0.511. The first-order chi connectivity index (χ1) is 8.20. The van der Waals surface area contributed by atoms with Crippen molar-refractivity contribution in [3.05, 3.63) is 24.3 Å². The molecule has 1 aromatic carbocycles. The standard InChI is InChI=1S/C12H14N2O2S/c1-3-16-12(15)13-11-8-14(2)9-6-4-5-7-10(9)17-11/h4-7H,3,8H2,1-2H3. The number of amides is 1. The molecule has 0 saturated heterocycles. The monoisotopic (exact) mass is 250 g/mol. The molecule has 17 heavy (non-hydrogen) atoms. The number of nitrogens with zero attached hydrogens (tertiary/aromatic N) is 2. The molecule has 1 amide bonds. The summed E-state index contributed by atoms with van der Waals surface area (Å²) in [7, 11) is 1.99. The molecule has 1 aromatic rings. The van der Waals surface area contributed by atoms with Crippen LogP contribution in [-0.2, 0) is 4.74 Å². The summed E-state index contributed by atoms with van der Waals surface area (Å²) < 4.78 is 4.81. The fourth-order valence-corrected chi connectivity index (χ4v) is 2.73. The SMILES string of the molecule is CCOC(=O)N=C1CN(C)c2ccccc2S1. The predicted octanol–water partition coefficient (Wildman–Crippen LogP) is 2.78. The van der Waals surface area contributed by atoms with Crippen LogP contribution in [0.25, 0.3) is 0 Å². The van der Waals surface area contributed by atoms with Crippen LogP contribution in [0.4, 0.5) is 10.5 Å². The van der Waals surface area contributed by atoms with Gasteiger partial charge in [0.2, 0.25) is 0 Å². The number of carbonyl (C=O) groups excluding carboxylic acids is 1. The summed E-state index contributed by atoms with van der Waals surface area (Å²) >= 11 is 1.52. The first kappa shape index (κ1) is 12.0. The lowest BCUT2D eigenvalue weighted by molar-refractivity contribution is 0.163. The van der Waals surface area contributed by atoms with E-state index in [9.17, 15) is 4.79 Å². The molecule has 0 saturated carbocycles. The number of thioether (sulfide) groups is 1. The maximum absolute atomic E-state index is 11.3. The van der Waals surface area contributed by atoms with Crippen LogP contribution >= 0.6 is 11.8 Å². The number of rotatable bonds is 1. The van der Waals surface area contributed by atoms with Crippen LogP contribution in [0.1, 0.15) is 6.92 Å². The normalized spacial score (nSPS) is 16.8. The summed E-state index contributed by atoms with van der Waals surface area (Å²) in [5.74, 6) is 0. The molecular formula is C12H14N2O2S. The van der Waals surface area contributed by atoms with Crippen molar-refractivity contribution < 1.29 is 9.53 Å². The van der Waals surface area contributed by atoms with E-state index in [1.807, 2.05) is 25.2 Å². The highest BCUT2D eigenvalue weighted by molar-refractivity contribution is 8.14. The van der Waals surface area contributed by atoms with Crippen molar-refractivity contribution in [2.45, 2.75) is 11.8 Å². The number of carbonyl (C=O) groups is 1. The number of fused-ring (bicyclic) bond motifs is 1. The molecule has 0 aliphatic carbocycles. The van der Waals surface area contributed by atoms with Gasteiger partial charge in [0.15, 0.2) is 0 Å². The summed E-state index contributed by atoms with van der Waals surface area (Å²) in [6.45, 7) is 2.76. The van der Waals surface area contributed by atoms with Gasteiger partial charge in [-0.3, -0.25) is 0 Å². The highest BCUT2D eigenvalue weighted by Gasteiger charge is 2.19. The largest absolute Gasteiger partial charge is 0.448 e. The number of hydrogen-bond acceptors (Lipinski definition) is 4. The minimum Gasteiger partial charge on any atom is -0.448 e. The molecule has 0 spiro atoms. The van der Waals surface area contributed by atoms with Crippen LogP contribution in [-0.4, -0.2) is 31.3 Å². The molecule has 1 aliphatic heterocycles. The van der Waals surface area contributed by atoms with Crippen molar-refractivity contribution in [2.75, 3.05) is 25.1 Å². The Morgan fingerprint density at radius 2 is 2.29 bits per heavy atom. The zero-order valence-corrected chi connectivity index (χ0v) is 10.7. The zero-order chi connectivity index (χ0) is 12.3. The Morgan fingerprint density at radius 1 is 1.53 bits per heavy atom. The fraction of sp³-hybridized carbons (Fsp3) is 0.333. The Bertz CT molecular complexity index is 460. The lowest BCUT2D eigenvalue weighted by atomic mass is 10.3. The number of ether oxygens (including phenoxy) is 1. The third kappa shape index (κ3) is 2.79. The van der Waals surface area contributed by atoms with Gasteiger partial charge in [-0.05, 0) is 19.1 Å². The molecular weight excluding hydrogens is 236 g/mol. The number of hydrogen-bond donors (Lipinski definition) is 0. The number of aliphatic imine (C=N–C) groups is 1. The highest BCUT2D eigenvalue weighted by atomic mass is 32.2. The highest BCUT2D eigenvalue weighted by Crippen LogP contribution is 2.34. The van der Waals surface area contributed by atoms with Crippen molar-refractivity contribution in [1.82, 2.24) is 0 Å². The number of benzene rings is 1. The van der Waals surface area contributed by atoms with Crippen LogP contribution < -0.4 is 4.90 Å². The molecule has 0 N–H and O–H groups in total. The van der Waals surface area contributed by atoms with Crippen molar-refractivity contribution in [1.29, 1.82) is 0 Å². The molecule has 0 fully saturated rings. The maximum atomic E-state index is 11.3. The zero-order valence-electron chi connectivity index (χ0n) is 9.84. The summed E-state index contributed by atoms with van der Waals surface area (Å²) in [5, 5.41) is 0.768. The Kier molecular flexibility index (Phi) is 3.68. The quantitative estimate of drug-likeness (QED) is 0.768. The van der Waals surface area contributed by atoms with Crippen molar-refractivity contribution in [2.24, 2.45) is 4.99 Å². The van der Waals surface area contributed by atoms with Gasteiger partial charge in [0.25, 0.3) is 0 Å². The van der Waals surface area contributed by atoms with Gasteiger partial charge < -0.3 is 9.64 Å². The van der Waals surface area contributed by atoms with Gasteiger partial charge in [-0.1, -0.05) is 23.9 Å². The van der Waals surface area contributed by atoms with Crippen LogP contribution in [0.15, 0.2) is 34.2 Å². The number of anilines is 1. The Hall–Kier alpha value is -1.49. The molecule has 5 heteroatoms. The van der Waals surface area contributed by atoms with E-state index < -0.39 is 6.09 Å². The van der Waals surface area contributed by atoms with Crippen LogP contribution in [0.3, 0.4) is 0 Å². The van der Waals surface area contributed by atoms with Crippen LogP contribution in [0.5, 0.6) is 0 Å². The van der Waals surface area contributed by atoms with E-state index in [2.05, 4.69) is 16.0 Å². The summed E-state index contributed by atoms with van der Waals surface area (Å²) in [6, 6.07) is 8.07. The summed E-state index contributed by atoms with van der Waals surface area (Å²) in [4.78, 5) is 18.4. The van der Waals surface area contributed by atoms with E-state index in [4.69, 9.17) is 4.74 Å². The lowest BCUT2D eigenvalue weighted by Crippen LogP contribution is -2.28. The molecule has 2 rings (SSSR count). The second-order valence-corrected chi connectivity index (χ2v) is 4.75. The van der Waals surface area contributed by atoms with Gasteiger partial charge in [-0.15, -0.1) is 0 Å². The first-order valence-corrected chi connectivity index (χ1v) is 6.24. The molecule has 0 unspecified atom stereocenters. The van der Waals surface area contributed by atoms with E-state index in [1.54, 1.807) is 6.92 Å². The Balaban J connectivity index is 2.19. The number of para-hydroxylation sites is 1. The molecule has 90 valence electrons. The van der Waals surface area contributed by atoms with Crippen molar-refractivity contribution in [3.63, 3.8) is 0 Å². The third-order valence-corrected chi connectivity index (χ3v) is 3.38. The molecule has 0 aromatic heterocycles. The second-order valence-electron chi connectivity index (χ2n) is 3.63. The van der Waals surface area contributed by atoms with Gasteiger partial charge in [0, 0.05) is 11.9 Å². The summed E-state index contributed by atoms with van der Waals surface area (Å²) in [6.07, 6.45) is -0.511. The fourth-order valence-electron chi connectivity index (χ4n) is 1.62. The van der Waals surface area contributed by atoms with E-state index in [1.165, 1.54) is 17.4 Å². The van der Waals surface area contributed by atoms with E-state index in [0.717, 1.165) is 9.94 Å². The molecule has 1 heterocycles. The molecule has 4 nitrogen and oxygen atoms in total. The topological polar surface area (TPSA) is 41.9 Å². The van der Waals surface area contributed by atoms with Gasteiger partial charge in [0.05, 0.1) is 18.8 Å². The smallest absolute Gasteiger partial charge is 0.434 e. The molecule has 0 bridgehead atoms. The van der Waals surface area contributed by atoms with Crippen LogP contribution in [0.2, 0.25) is 0 Å². The second kappa shape index (κ2) is 5.23. The Labute approximate surface area is 105 Å². The first-order valence-electron chi connectivity index (χ1n) is 5.43. The predicted molar refractivity (Wildman–Crippen MR) is 70.0 cm³/mol. The van der Waals surface area contributed by atoms with E-state index in [0.29, 0.717) is 13.2 Å². The third-order valence-electron chi connectivity index (χ3n) is 2.36. The van der Waals surface area contributed by atoms with E-state index >= 15 is 0 Å². The maximum Gasteiger partial charge on any atom is 0.434 e. The van der Waals surface area contributed by atoms with Crippen molar-refractivity contribution in [3.8, 4) is 0 Å². The average molecular weight is 250 g/mol. The molecule has 1 aliphatic rings. The van der Waals surface area contributed by atoms with E-state index in [-0.39, 0.29) is 0 Å². The molecule has 0 atom stereocenters. The average Bonchev–Trinajstić information content (AvgIpc) is 2.29. The van der Waals surface area contributed by atoms with Gasteiger partial charge in [-0.2, -0.15) is 4.99 Å². The molecule has 0 radical (unpaired) electrons. The summed E-state index contributed by atoms with van der Waals surface area (Å²) in [5.41, 5.74) is 1.17.